The first-order valence-electron chi connectivity index (χ1n) is 7.42. The normalized spacial score (nSPS) is 18.0. The molecule has 0 heterocycles. The predicted molar refractivity (Wildman–Crippen MR) is 95.2 cm³/mol. The van der Waals surface area contributed by atoms with E-state index in [1.165, 1.54) is 50.7 Å². The molecule has 0 unspecified atom stereocenters. The van der Waals surface area contributed by atoms with Gasteiger partial charge in [0.25, 0.3) is 10.0 Å². The van der Waals surface area contributed by atoms with Crippen molar-refractivity contribution < 1.29 is 8.42 Å². The van der Waals surface area contributed by atoms with Gasteiger partial charge in [-0.2, -0.15) is 8.42 Å². The van der Waals surface area contributed by atoms with Gasteiger partial charge in [0.1, 0.15) is 5.84 Å². The van der Waals surface area contributed by atoms with Crippen LogP contribution in [-0.4, -0.2) is 14.3 Å². The third-order valence-electron chi connectivity index (χ3n) is 3.77. The van der Waals surface area contributed by atoms with Gasteiger partial charge < -0.3 is 5.73 Å². The number of amidine groups is 1. The molecule has 22 heavy (non-hydrogen) atoms. The van der Waals surface area contributed by atoms with E-state index in [0.717, 1.165) is 15.4 Å². The zero-order valence-corrected chi connectivity index (χ0v) is 15.0. The van der Waals surface area contributed by atoms with Crippen LogP contribution < -0.4 is 5.73 Å². The van der Waals surface area contributed by atoms with Crippen molar-refractivity contribution >= 4 is 37.9 Å². The summed E-state index contributed by atoms with van der Waals surface area (Å²) in [6.07, 6.45) is 7.89. The molecule has 0 aliphatic heterocycles. The lowest BCUT2D eigenvalue weighted by molar-refractivity contribution is 0.442. The predicted octanol–water partition coefficient (Wildman–Crippen LogP) is 4.17. The molecule has 1 aromatic rings. The van der Waals surface area contributed by atoms with E-state index in [0.29, 0.717) is 5.92 Å². The summed E-state index contributed by atoms with van der Waals surface area (Å²) in [5.74, 6) is 0.632. The Hall–Kier alpha value is -1.14. The van der Waals surface area contributed by atoms with Crippen LogP contribution in [0.5, 0.6) is 0 Å². The average molecular weight is 385 g/mol. The summed E-state index contributed by atoms with van der Waals surface area (Å²) in [4.78, 5) is 0. The minimum atomic E-state index is -3.66. The maximum atomic E-state index is 11.6. The van der Waals surface area contributed by atoms with Crippen LogP contribution in [0.3, 0.4) is 0 Å². The van der Waals surface area contributed by atoms with E-state index in [2.05, 4.69) is 26.4 Å². The highest BCUT2D eigenvalue weighted by molar-refractivity contribution is 9.10. The fourth-order valence-corrected chi connectivity index (χ4v) is 4.30. The first-order chi connectivity index (χ1) is 10.4. The maximum absolute atomic E-state index is 11.6. The highest BCUT2D eigenvalue weighted by Gasteiger charge is 2.17. The molecular weight excluding hydrogens is 364 g/mol. The summed E-state index contributed by atoms with van der Waals surface area (Å²) in [6, 6.07) is 5.98. The third kappa shape index (κ3) is 4.95. The molecule has 6 heteroatoms. The number of hydrogen-bond donors (Lipinski definition) is 1. The van der Waals surface area contributed by atoms with Crippen LogP contribution in [0.2, 0.25) is 0 Å². The molecular formula is C16H21BrN2O2S. The fourth-order valence-electron chi connectivity index (χ4n) is 2.79. The van der Waals surface area contributed by atoms with Crippen LogP contribution in [0, 0.1) is 0 Å². The highest BCUT2D eigenvalue weighted by atomic mass is 79.9. The largest absolute Gasteiger partial charge is 0.387 e. The highest BCUT2D eigenvalue weighted by Crippen LogP contribution is 2.36. The second kappa shape index (κ2) is 7.42. The van der Waals surface area contributed by atoms with Crippen molar-refractivity contribution in [3.05, 3.63) is 39.2 Å². The zero-order chi connectivity index (χ0) is 16.2. The summed E-state index contributed by atoms with van der Waals surface area (Å²) in [7, 11) is -3.66. The van der Waals surface area contributed by atoms with Crippen LogP contribution in [0.4, 0.5) is 0 Å². The molecule has 0 radical (unpaired) electrons. The van der Waals surface area contributed by atoms with Gasteiger partial charge in [0, 0.05) is 4.47 Å². The molecule has 4 nitrogen and oxygen atoms in total. The second-order valence-electron chi connectivity index (χ2n) is 5.67. The lowest BCUT2D eigenvalue weighted by atomic mass is 9.84. The Kier molecular flexibility index (Phi) is 5.81. The van der Waals surface area contributed by atoms with Gasteiger partial charge in [-0.1, -0.05) is 47.3 Å². The molecule has 120 valence electrons. The maximum Gasteiger partial charge on any atom is 0.277 e. The van der Waals surface area contributed by atoms with Crippen LogP contribution >= 0.6 is 15.9 Å². The number of hydrogen-bond acceptors (Lipinski definition) is 2. The molecule has 2 N–H and O–H groups in total. The molecule has 0 aromatic heterocycles. The van der Waals surface area contributed by atoms with Gasteiger partial charge in [-0.15, -0.1) is 4.40 Å². The van der Waals surface area contributed by atoms with Gasteiger partial charge in [-0.25, -0.2) is 0 Å². The van der Waals surface area contributed by atoms with Crippen molar-refractivity contribution in [2.45, 2.75) is 44.9 Å². The number of nitrogens with two attached hydrogens (primary N) is 1. The summed E-state index contributed by atoms with van der Waals surface area (Å²) >= 11 is 3.61. The lowest BCUT2D eigenvalue weighted by Crippen LogP contribution is -2.08. The lowest BCUT2D eigenvalue weighted by Gasteiger charge is -2.23. The van der Waals surface area contributed by atoms with Crippen molar-refractivity contribution in [3.63, 3.8) is 0 Å². The monoisotopic (exact) mass is 384 g/mol. The van der Waals surface area contributed by atoms with Gasteiger partial charge in [0.2, 0.25) is 0 Å². The van der Waals surface area contributed by atoms with Gasteiger partial charge in [0.05, 0.1) is 5.41 Å². The number of nitrogens with zero attached hydrogens (tertiary/aromatic N) is 1. The van der Waals surface area contributed by atoms with E-state index in [9.17, 15) is 8.42 Å². The molecule has 0 spiro atoms. The summed E-state index contributed by atoms with van der Waals surface area (Å²) < 4.78 is 27.7. The molecule has 1 aromatic carbocycles. The average Bonchev–Trinajstić information content (AvgIpc) is 2.45. The Bertz CT molecular complexity index is 686. The van der Waals surface area contributed by atoms with Crippen molar-refractivity contribution in [2.24, 2.45) is 10.1 Å². The zero-order valence-electron chi connectivity index (χ0n) is 12.6. The molecule has 0 bridgehead atoms. The Morgan fingerprint density at radius 1 is 1.32 bits per heavy atom. The van der Waals surface area contributed by atoms with Crippen molar-refractivity contribution in [1.29, 1.82) is 0 Å². The van der Waals surface area contributed by atoms with E-state index in [-0.39, 0.29) is 5.84 Å². The van der Waals surface area contributed by atoms with E-state index < -0.39 is 10.0 Å². The summed E-state index contributed by atoms with van der Waals surface area (Å²) in [5, 5.41) is 1.07. The first-order valence-corrected chi connectivity index (χ1v) is 9.71. The molecule has 2 rings (SSSR count). The number of halogens is 1. The van der Waals surface area contributed by atoms with Crippen LogP contribution in [0.15, 0.2) is 32.5 Å². The Morgan fingerprint density at radius 2 is 2.00 bits per heavy atom. The van der Waals surface area contributed by atoms with Gasteiger partial charge in [0.15, 0.2) is 0 Å². The molecule has 1 aliphatic rings. The van der Waals surface area contributed by atoms with Gasteiger partial charge in [-0.3, -0.25) is 0 Å². The SMILES string of the molecule is CC(N)=NS(=O)(=O)/C=C/c1ccc(C2CCCCC2)c(Br)c1. The Morgan fingerprint density at radius 3 is 2.59 bits per heavy atom. The molecule has 1 fully saturated rings. The molecule has 1 aliphatic carbocycles. The van der Waals surface area contributed by atoms with E-state index in [1.54, 1.807) is 0 Å². The summed E-state index contributed by atoms with van der Waals surface area (Å²) in [6.45, 7) is 1.45. The Labute approximate surface area is 140 Å². The molecule has 0 saturated heterocycles. The topological polar surface area (TPSA) is 72.5 Å². The number of rotatable bonds is 4. The molecule has 0 amide bonds. The van der Waals surface area contributed by atoms with Gasteiger partial charge >= 0.3 is 0 Å². The van der Waals surface area contributed by atoms with E-state index in [1.807, 2.05) is 12.1 Å². The van der Waals surface area contributed by atoms with Crippen LogP contribution in [0.25, 0.3) is 6.08 Å². The first kappa shape index (κ1) is 17.2. The van der Waals surface area contributed by atoms with Crippen LogP contribution in [0.1, 0.15) is 56.1 Å². The molecule has 0 atom stereocenters. The summed E-state index contributed by atoms with van der Waals surface area (Å²) in [5.41, 5.74) is 7.44. The van der Waals surface area contributed by atoms with E-state index >= 15 is 0 Å². The Balaban J connectivity index is 2.17. The smallest absolute Gasteiger partial charge is 0.277 e. The number of sulfonamides is 1. The minimum absolute atomic E-state index is 0.0264. The van der Waals surface area contributed by atoms with Crippen LogP contribution in [-0.2, 0) is 10.0 Å². The quantitative estimate of drug-likeness (QED) is 0.624. The second-order valence-corrected chi connectivity index (χ2v) is 8.01. The van der Waals surface area contributed by atoms with Gasteiger partial charge in [-0.05, 0) is 49.0 Å². The van der Waals surface area contributed by atoms with E-state index in [4.69, 9.17) is 5.73 Å². The number of benzene rings is 1. The molecule has 1 saturated carbocycles. The van der Waals surface area contributed by atoms with Crippen molar-refractivity contribution in [3.8, 4) is 0 Å². The van der Waals surface area contributed by atoms with Crippen molar-refractivity contribution in [1.82, 2.24) is 0 Å². The fraction of sp³-hybridized carbons (Fsp3) is 0.438. The van der Waals surface area contributed by atoms with Crippen molar-refractivity contribution in [2.75, 3.05) is 0 Å². The third-order valence-corrected chi connectivity index (χ3v) is 5.48. The standard InChI is InChI=1S/C16H21BrN2O2S/c1-12(18)19-22(20,21)10-9-13-7-8-15(16(17)11-13)14-5-3-2-4-6-14/h7-11,14H,2-6H2,1H3,(H2,18,19)/b10-9+. The minimum Gasteiger partial charge on any atom is -0.387 e.